The highest BCUT2D eigenvalue weighted by Gasteiger charge is 2.39. The van der Waals surface area contributed by atoms with Crippen molar-refractivity contribution in [3.63, 3.8) is 0 Å². The lowest BCUT2D eigenvalue weighted by molar-refractivity contribution is -0.142. The number of carbonyl (C=O) groups is 1. The molecule has 0 radical (unpaired) electrons. The lowest BCUT2D eigenvalue weighted by Crippen LogP contribution is -2.47. The summed E-state index contributed by atoms with van der Waals surface area (Å²) in [5, 5.41) is 18.0. The topological polar surface area (TPSA) is 73.6 Å². The predicted octanol–water partition coefficient (Wildman–Crippen LogP) is 1.32. The number of piperidine rings is 1. The maximum Gasteiger partial charge on any atom is 0.243 e. The number of likely N-dealkylation sites (tertiary alicyclic amines) is 1. The number of hydrogen-bond acceptors (Lipinski definition) is 4. The molecule has 0 bridgehead atoms. The van der Waals surface area contributed by atoms with E-state index in [0.29, 0.717) is 32.5 Å². The number of amides is 1. The van der Waals surface area contributed by atoms with Gasteiger partial charge in [-0.25, -0.2) is 0 Å². The monoisotopic (exact) mass is 268 g/mol. The van der Waals surface area contributed by atoms with E-state index in [2.05, 4.69) is 6.07 Å². The molecule has 1 amide bonds. The second-order valence-electron chi connectivity index (χ2n) is 4.99. The van der Waals surface area contributed by atoms with Crippen LogP contribution in [0.3, 0.4) is 0 Å². The van der Waals surface area contributed by atoms with E-state index in [1.807, 2.05) is 13.8 Å². The van der Waals surface area contributed by atoms with Crippen LogP contribution in [0.2, 0.25) is 0 Å². The molecule has 0 unspecified atom stereocenters. The zero-order chi connectivity index (χ0) is 14.3. The largest absolute Gasteiger partial charge is 0.394 e. The summed E-state index contributed by atoms with van der Waals surface area (Å²) in [6.45, 7) is 5.44. The number of aliphatic hydroxyl groups is 1. The molecule has 1 fully saturated rings. The molecule has 1 aliphatic rings. The fourth-order valence-corrected chi connectivity index (χ4v) is 2.51. The van der Waals surface area contributed by atoms with Gasteiger partial charge in [0, 0.05) is 13.1 Å². The molecule has 0 saturated carbocycles. The van der Waals surface area contributed by atoms with Gasteiger partial charge in [-0.2, -0.15) is 5.26 Å². The average molecular weight is 268 g/mol. The van der Waals surface area contributed by atoms with E-state index < -0.39 is 5.41 Å². The van der Waals surface area contributed by atoms with Crippen molar-refractivity contribution in [2.45, 2.75) is 45.6 Å². The normalized spacial score (nSPS) is 17.3. The first-order valence-corrected chi connectivity index (χ1v) is 7.06. The number of aliphatic hydroxyl groups excluding tert-OH is 1. The van der Waals surface area contributed by atoms with Crippen LogP contribution in [-0.2, 0) is 9.53 Å². The van der Waals surface area contributed by atoms with E-state index in [1.54, 1.807) is 4.90 Å². The van der Waals surface area contributed by atoms with Crippen molar-refractivity contribution >= 4 is 5.91 Å². The minimum absolute atomic E-state index is 0.0301. The van der Waals surface area contributed by atoms with Crippen LogP contribution in [0.4, 0.5) is 0 Å². The molecule has 1 heterocycles. The van der Waals surface area contributed by atoms with Crippen LogP contribution in [-0.4, -0.2) is 48.3 Å². The summed E-state index contributed by atoms with van der Waals surface area (Å²) in [7, 11) is 0. The predicted molar refractivity (Wildman–Crippen MR) is 71.3 cm³/mol. The Hall–Kier alpha value is -1.12. The minimum Gasteiger partial charge on any atom is -0.394 e. The highest BCUT2D eigenvalue weighted by molar-refractivity contribution is 5.85. The SMILES string of the molecule is CCC(C#N)(CC)C(=O)N1CCC(OCCO)CC1. The van der Waals surface area contributed by atoms with Gasteiger partial charge in [-0.3, -0.25) is 4.79 Å². The molecule has 0 aromatic heterocycles. The minimum atomic E-state index is -0.862. The second-order valence-corrected chi connectivity index (χ2v) is 4.99. The maximum absolute atomic E-state index is 12.5. The zero-order valence-electron chi connectivity index (χ0n) is 11.9. The van der Waals surface area contributed by atoms with Crippen molar-refractivity contribution in [3.05, 3.63) is 0 Å². The Morgan fingerprint density at radius 2 is 2.00 bits per heavy atom. The highest BCUT2D eigenvalue weighted by Crippen LogP contribution is 2.29. The standard InChI is InChI=1S/C14H24N2O3/c1-3-14(4-2,11-15)13(18)16-7-5-12(6-8-16)19-10-9-17/h12,17H,3-10H2,1-2H3. The number of carbonyl (C=O) groups excluding carboxylic acids is 1. The van der Waals surface area contributed by atoms with Crippen LogP contribution in [0.1, 0.15) is 39.5 Å². The summed E-state index contributed by atoms with van der Waals surface area (Å²) in [5.74, 6) is -0.0411. The Morgan fingerprint density at radius 3 is 2.42 bits per heavy atom. The fraction of sp³-hybridized carbons (Fsp3) is 0.857. The van der Waals surface area contributed by atoms with Crippen molar-refractivity contribution in [2.75, 3.05) is 26.3 Å². The third-order valence-corrected chi connectivity index (χ3v) is 4.00. The highest BCUT2D eigenvalue weighted by atomic mass is 16.5. The summed E-state index contributed by atoms with van der Waals surface area (Å²) in [6, 6.07) is 2.20. The molecule has 0 aromatic rings. The van der Waals surface area contributed by atoms with Gasteiger partial charge in [0.2, 0.25) is 5.91 Å². The van der Waals surface area contributed by atoms with Crippen molar-refractivity contribution in [2.24, 2.45) is 5.41 Å². The first-order valence-electron chi connectivity index (χ1n) is 7.06. The van der Waals surface area contributed by atoms with Gasteiger partial charge in [-0.1, -0.05) is 13.8 Å². The van der Waals surface area contributed by atoms with Crippen LogP contribution in [0.25, 0.3) is 0 Å². The molecule has 0 aromatic carbocycles. The summed E-state index contributed by atoms with van der Waals surface area (Å²) in [5.41, 5.74) is -0.862. The molecule has 1 saturated heterocycles. The van der Waals surface area contributed by atoms with Crippen molar-refractivity contribution < 1.29 is 14.6 Å². The average Bonchev–Trinajstić information content (AvgIpc) is 2.48. The fourth-order valence-electron chi connectivity index (χ4n) is 2.51. The molecule has 5 nitrogen and oxygen atoms in total. The summed E-state index contributed by atoms with van der Waals surface area (Å²) >= 11 is 0. The van der Waals surface area contributed by atoms with Gasteiger partial charge in [0.05, 0.1) is 25.4 Å². The van der Waals surface area contributed by atoms with Crippen LogP contribution >= 0.6 is 0 Å². The van der Waals surface area contributed by atoms with Gasteiger partial charge in [0.1, 0.15) is 5.41 Å². The van der Waals surface area contributed by atoms with E-state index >= 15 is 0 Å². The second kappa shape index (κ2) is 7.46. The Balaban J connectivity index is 2.55. The lowest BCUT2D eigenvalue weighted by atomic mass is 9.82. The molecule has 1 N–H and O–H groups in total. The van der Waals surface area contributed by atoms with Crippen LogP contribution in [0, 0.1) is 16.7 Å². The van der Waals surface area contributed by atoms with E-state index in [1.165, 1.54) is 0 Å². The van der Waals surface area contributed by atoms with Crippen molar-refractivity contribution in [1.29, 1.82) is 5.26 Å². The number of nitrogens with zero attached hydrogens (tertiary/aromatic N) is 2. The molecule has 0 spiro atoms. The number of rotatable bonds is 6. The van der Waals surface area contributed by atoms with Gasteiger partial charge >= 0.3 is 0 Å². The molecule has 0 aliphatic carbocycles. The zero-order valence-corrected chi connectivity index (χ0v) is 11.9. The Bertz CT molecular complexity index is 326. The van der Waals surface area contributed by atoms with Crippen LogP contribution in [0.15, 0.2) is 0 Å². The molecule has 19 heavy (non-hydrogen) atoms. The molecule has 108 valence electrons. The summed E-state index contributed by atoms with van der Waals surface area (Å²) in [6.07, 6.45) is 2.79. The van der Waals surface area contributed by atoms with Crippen molar-refractivity contribution in [3.8, 4) is 6.07 Å². The van der Waals surface area contributed by atoms with Gasteiger partial charge in [-0.05, 0) is 25.7 Å². The lowest BCUT2D eigenvalue weighted by Gasteiger charge is -2.36. The Morgan fingerprint density at radius 1 is 1.42 bits per heavy atom. The van der Waals surface area contributed by atoms with Gasteiger partial charge in [-0.15, -0.1) is 0 Å². The van der Waals surface area contributed by atoms with Crippen molar-refractivity contribution in [1.82, 2.24) is 4.90 Å². The smallest absolute Gasteiger partial charge is 0.243 e. The summed E-state index contributed by atoms with van der Waals surface area (Å²) in [4.78, 5) is 14.2. The van der Waals surface area contributed by atoms with Crippen LogP contribution in [0.5, 0.6) is 0 Å². The van der Waals surface area contributed by atoms with Gasteiger partial charge < -0.3 is 14.7 Å². The third-order valence-electron chi connectivity index (χ3n) is 4.00. The maximum atomic E-state index is 12.5. The number of ether oxygens (including phenoxy) is 1. The van der Waals surface area contributed by atoms with E-state index in [-0.39, 0.29) is 18.6 Å². The molecule has 1 rings (SSSR count). The first kappa shape index (κ1) is 15.9. The molecular weight excluding hydrogens is 244 g/mol. The van der Waals surface area contributed by atoms with Gasteiger partial charge in [0.25, 0.3) is 0 Å². The Kier molecular flexibility index (Phi) is 6.26. The van der Waals surface area contributed by atoms with E-state index in [4.69, 9.17) is 9.84 Å². The number of hydrogen-bond donors (Lipinski definition) is 1. The van der Waals surface area contributed by atoms with Crippen LogP contribution < -0.4 is 0 Å². The third kappa shape index (κ3) is 3.68. The quantitative estimate of drug-likeness (QED) is 0.788. The molecular formula is C14H24N2O3. The Labute approximate surface area is 115 Å². The van der Waals surface area contributed by atoms with E-state index in [9.17, 15) is 10.1 Å². The first-order chi connectivity index (χ1) is 9.13. The summed E-state index contributed by atoms with van der Waals surface area (Å²) < 4.78 is 5.47. The number of nitriles is 1. The van der Waals surface area contributed by atoms with Gasteiger partial charge in [0.15, 0.2) is 0 Å². The molecule has 5 heteroatoms. The van der Waals surface area contributed by atoms with E-state index in [0.717, 1.165) is 12.8 Å². The molecule has 0 atom stereocenters. The molecule has 1 aliphatic heterocycles.